The predicted molar refractivity (Wildman–Crippen MR) is 101 cm³/mol. The lowest BCUT2D eigenvalue weighted by Crippen LogP contribution is -2.49. The van der Waals surface area contributed by atoms with Crippen molar-refractivity contribution in [3.8, 4) is 6.07 Å². The molecule has 1 amide bonds. The molecular formula is C19H17N7O2. The summed E-state index contributed by atoms with van der Waals surface area (Å²) in [6.45, 7) is 2.29. The highest BCUT2D eigenvalue weighted by atomic mass is 16.3. The zero-order valence-corrected chi connectivity index (χ0v) is 14.9. The first-order valence-corrected chi connectivity index (χ1v) is 8.77. The van der Waals surface area contributed by atoms with Crippen LogP contribution < -0.4 is 10.2 Å². The summed E-state index contributed by atoms with van der Waals surface area (Å²) in [7, 11) is 0. The van der Waals surface area contributed by atoms with E-state index in [1.807, 2.05) is 11.0 Å². The topological polar surface area (TPSA) is 111 Å². The van der Waals surface area contributed by atoms with Crippen molar-refractivity contribution in [3.63, 3.8) is 0 Å². The molecule has 0 bridgehead atoms. The minimum absolute atomic E-state index is 0.114. The monoisotopic (exact) mass is 375 g/mol. The van der Waals surface area contributed by atoms with Crippen LogP contribution in [0.4, 0.5) is 17.5 Å². The molecule has 0 unspecified atom stereocenters. The lowest BCUT2D eigenvalue weighted by Gasteiger charge is -2.34. The molecule has 0 aliphatic carbocycles. The van der Waals surface area contributed by atoms with Crippen molar-refractivity contribution in [1.82, 2.24) is 20.1 Å². The Kier molecular flexibility index (Phi) is 4.84. The fourth-order valence-corrected chi connectivity index (χ4v) is 2.97. The maximum Gasteiger partial charge on any atom is 0.289 e. The van der Waals surface area contributed by atoms with Gasteiger partial charge in [0, 0.05) is 31.9 Å². The van der Waals surface area contributed by atoms with E-state index in [9.17, 15) is 4.79 Å². The van der Waals surface area contributed by atoms with E-state index in [1.54, 1.807) is 35.2 Å². The number of benzene rings is 1. The third-order valence-corrected chi connectivity index (χ3v) is 4.39. The fraction of sp³-hybridized carbons (Fsp3) is 0.211. The van der Waals surface area contributed by atoms with Gasteiger partial charge in [-0.3, -0.25) is 4.79 Å². The number of hydrogen-bond donors (Lipinski definition) is 1. The van der Waals surface area contributed by atoms with E-state index >= 15 is 0 Å². The summed E-state index contributed by atoms with van der Waals surface area (Å²) in [5.41, 5.74) is 1.31. The van der Waals surface area contributed by atoms with Gasteiger partial charge in [-0.25, -0.2) is 0 Å². The smallest absolute Gasteiger partial charge is 0.289 e. The number of piperazine rings is 1. The molecule has 0 saturated carbocycles. The van der Waals surface area contributed by atoms with Crippen molar-refractivity contribution >= 4 is 23.4 Å². The molecule has 4 rings (SSSR count). The first kappa shape index (κ1) is 17.5. The fourth-order valence-electron chi connectivity index (χ4n) is 2.97. The second kappa shape index (κ2) is 7.75. The maximum atomic E-state index is 12.4. The van der Waals surface area contributed by atoms with E-state index in [0.717, 1.165) is 5.69 Å². The Balaban J connectivity index is 1.41. The number of carbonyl (C=O) groups excluding carboxylic acids is 1. The summed E-state index contributed by atoms with van der Waals surface area (Å²) >= 11 is 0. The molecular weight excluding hydrogens is 358 g/mol. The molecule has 2 aromatic heterocycles. The van der Waals surface area contributed by atoms with Crippen LogP contribution in [0.25, 0.3) is 0 Å². The van der Waals surface area contributed by atoms with Gasteiger partial charge >= 0.3 is 0 Å². The van der Waals surface area contributed by atoms with E-state index in [-0.39, 0.29) is 5.91 Å². The van der Waals surface area contributed by atoms with Crippen molar-refractivity contribution in [3.05, 3.63) is 60.2 Å². The molecule has 1 N–H and O–H groups in total. The average molecular weight is 375 g/mol. The summed E-state index contributed by atoms with van der Waals surface area (Å²) in [4.78, 5) is 20.6. The Morgan fingerprint density at radius 1 is 1.18 bits per heavy atom. The molecule has 3 heterocycles. The predicted octanol–water partition coefficient (Wildman–Crippen LogP) is 2.04. The van der Waals surface area contributed by atoms with Gasteiger partial charge in [0.05, 0.1) is 24.1 Å². The van der Waals surface area contributed by atoms with Crippen molar-refractivity contribution < 1.29 is 9.21 Å². The van der Waals surface area contributed by atoms with Crippen LogP contribution in [-0.2, 0) is 0 Å². The van der Waals surface area contributed by atoms with Gasteiger partial charge in [-0.15, -0.1) is 5.10 Å². The minimum atomic E-state index is -0.114. The molecule has 1 saturated heterocycles. The lowest BCUT2D eigenvalue weighted by atomic mass is 10.2. The maximum absolute atomic E-state index is 12.4. The third-order valence-electron chi connectivity index (χ3n) is 4.39. The van der Waals surface area contributed by atoms with Gasteiger partial charge in [0.1, 0.15) is 0 Å². The zero-order valence-electron chi connectivity index (χ0n) is 14.9. The van der Waals surface area contributed by atoms with E-state index in [1.165, 1.54) is 12.5 Å². The van der Waals surface area contributed by atoms with E-state index < -0.39 is 0 Å². The Bertz CT molecular complexity index is 1010. The van der Waals surface area contributed by atoms with Gasteiger partial charge in [-0.05, 0) is 30.3 Å². The van der Waals surface area contributed by atoms with Crippen LogP contribution in [0.3, 0.4) is 0 Å². The standard InChI is InChI=1S/C19H17N7O2/c20-12-14-3-1-4-15(11-14)22-17-13-21-24-19(23-17)26-8-6-25(7-9-26)18(27)16-5-2-10-28-16/h1-5,10-11,13H,6-9H2,(H,22,23,24). The first-order valence-electron chi connectivity index (χ1n) is 8.77. The molecule has 0 spiro atoms. The van der Waals surface area contributed by atoms with Crippen molar-refractivity contribution in [2.24, 2.45) is 0 Å². The molecule has 140 valence electrons. The quantitative estimate of drug-likeness (QED) is 0.737. The second-order valence-corrected chi connectivity index (χ2v) is 6.22. The van der Waals surface area contributed by atoms with Gasteiger partial charge in [-0.1, -0.05) is 6.07 Å². The zero-order chi connectivity index (χ0) is 19.3. The number of furan rings is 1. The van der Waals surface area contributed by atoms with E-state index in [4.69, 9.17) is 9.68 Å². The van der Waals surface area contributed by atoms with Gasteiger partial charge in [0.2, 0.25) is 5.95 Å². The Labute approximate surface area is 161 Å². The Hall–Kier alpha value is -3.93. The number of rotatable bonds is 4. The SMILES string of the molecule is N#Cc1cccc(Nc2cnnc(N3CCN(C(=O)c4ccco4)CC3)n2)c1. The van der Waals surface area contributed by atoms with Crippen molar-refractivity contribution in [2.45, 2.75) is 0 Å². The number of hydrogen-bond acceptors (Lipinski definition) is 8. The summed E-state index contributed by atoms with van der Waals surface area (Å²) in [6, 6.07) is 12.6. The summed E-state index contributed by atoms with van der Waals surface area (Å²) < 4.78 is 5.18. The molecule has 3 aromatic rings. The highest BCUT2D eigenvalue weighted by molar-refractivity contribution is 5.91. The first-order chi connectivity index (χ1) is 13.7. The molecule has 9 heteroatoms. The number of aromatic nitrogens is 3. The van der Waals surface area contributed by atoms with Crippen LogP contribution in [0.1, 0.15) is 16.1 Å². The van der Waals surface area contributed by atoms with E-state index in [2.05, 4.69) is 26.6 Å². The molecule has 1 fully saturated rings. The average Bonchev–Trinajstić information content (AvgIpc) is 3.29. The number of amides is 1. The van der Waals surface area contributed by atoms with Gasteiger partial charge < -0.3 is 19.5 Å². The lowest BCUT2D eigenvalue weighted by molar-refractivity contribution is 0.0714. The normalized spacial score (nSPS) is 13.8. The molecule has 0 radical (unpaired) electrons. The molecule has 1 aliphatic rings. The van der Waals surface area contributed by atoms with Gasteiger partial charge in [0.15, 0.2) is 11.6 Å². The number of nitriles is 1. The van der Waals surface area contributed by atoms with Crippen LogP contribution in [0, 0.1) is 11.3 Å². The van der Waals surface area contributed by atoms with Crippen LogP contribution in [0.2, 0.25) is 0 Å². The summed E-state index contributed by atoms with van der Waals surface area (Å²) in [5.74, 6) is 1.26. The number of nitrogens with zero attached hydrogens (tertiary/aromatic N) is 6. The van der Waals surface area contributed by atoms with Crippen LogP contribution in [-0.4, -0.2) is 52.2 Å². The highest BCUT2D eigenvalue weighted by Crippen LogP contribution is 2.18. The summed E-state index contributed by atoms with van der Waals surface area (Å²) in [5, 5.41) is 20.3. The highest BCUT2D eigenvalue weighted by Gasteiger charge is 2.25. The molecule has 9 nitrogen and oxygen atoms in total. The number of nitrogens with one attached hydrogen (secondary N) is 1. The Morgan fingerprint density at radius 3 is 2.79 bits per heavy atom. The Morgan fingerprint density at radius 2 is 2.04 bits per heavy atom. The van der Waals surface area contributed by atoms with Crippen molar-refractivity contribution in [2.75, 3.05) is 36.4 Å². The molecule has 28 heavy (non-hydrogen) atoms. The third kappa shape index (κ3) is 3.76. The number of carbonyl (C=O) groups is 1. The molecule has 1 aliphatic heterocycles. The van der Waals surface area contributed by atoms with Crippen LogP contribution in [0.15, 0.2) is 53.3 Å². The van der Waals surface area contributed by atoms with Crippen LogP contribution in [0.5, 0.6) is 0 Å². The molecule has 1 aromatic carbocycles. The largest absolute Gasteiger partial charge is 0.459 e. The summed E-state index contributed by atoms with van der Waals surface area (Å²) in [6.07, 6.45) is 3.02. The van der Waals surface area contributed by atoms with Crippen molar-refractivity contribution in [1.29, 1.82) is 5.26 Å². The van der Waals surface area contributed by atoms with Crippen LogP contribution >= 0.6 is 0 Å². The van der Waals surface area contributed by atoms with Gasteiger partial charge in [0.25, 0.3) is 5.91 Å². The van der Waals surface area contributed by atoms with E-state index in [0.29, 0.717) is 49.3 Å². The van der Waals surface area contributed by atoms with Gasteiger partial charge in [-0.2, -0.15) is 15.3 Å². The molecule has 0 atom stereocenters. The number of anilines is 3. The minimum Gasteiger partial charge on any atom is -0.459 e. The second-order valence-electron chi connectivity index (χ2n) is 6.22.